The van der Waals surface area contributed by atoms with Gasteiger partial charge in [-0.2, -0.15) is 0 Å². The maximum absolute atomic E-state index is 10.6. The molecule has 3 atom stereocenters. The average molecular weight is 267 g/mol. The SMILES string of the molecule is CC1(C)C2CCC1(C)C(OCC1(O)CCNCC1)C2. The molecule has 2 aliphatic carbocycles. The summed E-state index contributed by atoms with van der Waals surface area (Å²) in [6.07, 6.45) is 5.83. The highest BCUT2D eigenvalue weighted by Gasteiger charge is 2.62. The molecule has 2 N–H and O–H groups in total. The van der Waals surface area contributed by atoms with Gasteiger partial charge in [0.1, 0.15) is 0 Å². The summed E-state index contributed by atoms with van der Waals surface area (Å²) < 4.78 is 6.24. The third-order valence-corrected chi connectivity index (χ3v) is 6.80. The van der Waals surface area contributed by atoms with Crippen molar-refractivity contribution in [3.05, 3.63) is 0 Å². The van der Waals surface area contributed by atoms with E-state index in [0.29, 0.717) is 23.5 Å². The summed E-state index contributed by atoms with van der Waals surface area (Å²) in [5.41, 5.74) is 0.114. The summed E-state index contributed by atoms with van der Waals surface area (Å²) in [4.78, 5) is 0. The van der Waals surface area contributed by atoms with Crippen molar-refractivity contribution in [2.75, 3.05) is 19.7 Å². The van der Waals surface area contributed by atoms with E-state index in [2.05, 4.69) is 26.1 Å². The van der Waals surface area contributed by atoms with E-state index in [1.165, 1.54) is 19.3 Å². The molecule has 3 rings (SSSR count). The Morgan fingerprint density at radius 2 is 1.84 bits per heavy atom. The van der Waals surface area contributed by atoms with Crippen LogP contribution in [-0.2, 0) is 4.74 Å². The van der Waals surface area contributed by atoms with E-state index < -0.39 is 5.60 Å². The first-order valence-electron chi connectivity index (χ1n) is 7.92. The van der Waals surface area contributed by atoms with Crippen molar-refractivity contribution < 1.29 is 9.84 Å². The Bertz CT molecular complexity index is 349. The Morgan fingerprint density at radius 1 is 1.16 bits per heavy atom. The largest absolute Gasteiger partial charge is 0.387 e. The molecule has 1 saturated heterocycles. The molecular formula is C16H29NO2. The molecule has 2 saturated carbocycles. The number of ether oxygens (including phenoxy) is 1. The molecule has 2 bridgehead atoms. The predicted octanol–water partition coefficient (Wildman–Crippen LogP) is 2.33. The van der Waals surface area contributed by atoms with Crippen LogP contribution in [0.25, 0.3) is 0 Å². The second-order valence-electron chi connectivity index (χ2n) is 7.88. The highest BCUT2D eigenvalue weighted by molar-refractivity contribution is 5.11. The Morgan fingerprint density at radius 3 is 2.37 bits per heavy atom. The third-order valence-electron chi connectivity index (χ3n) is 6.80. The van der Waals surface area contributed by atoms with Gasteiger partial charge >= 0.3 is 0 Å². The second kappa shape index (κ2) is 4.44. The molecule has 0 aromatic heterocycles. The standard InChI is InChI=1S/C16H29NO2/c1-14(2)12-4-5-15(14,3)13(10-12)19-11-16(18)6-8-17-9-7-16/h12-13,17-18H,4-11H2,1-3H3. The lowest BCUT2D eigenvalue weighted by Crippen LogP contribution is -2.47. The van der Waals surface area contributed by atoms with E-state index in [4.69, 9.17) is 4.74 Å². The minimum Gasteiger partial charge on any atom is -0.387 e. The minimum absolute atomic E-state index is 0.306. The van der Waals surface area contributed by atoms with Gasteiger partial charge in [-0.25, -0.2) is 0 Å². The summed E-state index contributed by atoms with van der Waals surface area (Å²) >= 11 is 0. The lowest BCUT2D eigenvalue weighted by Gasteiger charge is -2.41. The first-order valence-corrected chi connectivity index (χ1v) is 7.92. The van der Waals surface area contributed by atoms with Crippen LogP contribution in [0.4, 0.5) is 0 Å². The number of fused-ring (bicyclic) bond motifs is 2. The average Bonchev–Trinajstić information content (AvgIpc) is 2.70. The van der Waals surface area contributed by atoms with Crippen LogP contribution in [-0.4, -0.2) is 36.5 Å². The maximum Gasteiger partial charge on any atom is 0.0904 e. The van der Waals surface area contributed by atoms with Gasteiger partial charge in [0.15, 0.2) is 0 Å². The van der Waals surface area contributed by atoms with Gasteiger partial charge in [0.2, 0.25) is 0 Å². The smallest absolute Gasteiger partial charge is 0.0904 e. The Kier molecular flexibility index (Phi) is 3.23. The van der Waals surface area contributed by atoms with Crippen molar-refractivity contribution >= 4 is 0 Å². The van der Waals surface area contributed by atoms with Gasteiger partial charge in [0, 0.05) is 0 Å². The molecule has 0 radical (unpaired) electrons. The number of piperidine rings is 1. The van der Waals surface area contributed by atoms with E-state index in [1.807, 2.05) is 0 Å². The third kappa shape index (κ3) is 2.05. The first kappa shape index (κ1) is 13.8. The van der Waals surface area contributed by atoms with E-state index in [0.717, 1.165) is 31.8 Å². The van der Waals surface area contributed by atoms with Crippen LogP contribution in [0.1, 0.15) is 52.9 Å². The monoisotopic (exact) mass is 267 g/mol. The Hall–Kier alpha value is -0.120. The summed E-state index contributed by atoms with van der Waals surface area (Å²) in [5, 5.41) is 13.9. The van der Waals surface area contributed by atoms with Gasteiger partial charge < -0.3 is 15.2 Å². The zero-order valence-electron chi connectivity index (χ0n) is 12.7. The van der Waals surface area contributed by atoms with Crippen molar-refractivity contribution in [1.29, 1.82) is 0 Å². The first-order chi connectivity index (χ1) is 8.87. The van der Waals surface area contributed by atoms with Gasteiger partial charge in [0.05, 0.1) is 18.3 Å². The minimum atomic E-state index is -0.590. The van der Waals surface area contributed by atoms with Crippen molar-refractivity contribution in [3.8, 4) is 0 Å². The van der Waals surface area contributed by atoms with Crippen LogP contribution >= 0.6 is 0 Å². The van der Waals surface area contributed by atoms with Crippen molar-refractivity contribution in [2.24, 2.45) is 16.7 Å². The lowest BCUT2D eigenvalue weighted by molar-refractivity contribution is -0.120. The molecule has 3 nitrogen and oxygen atoms in total. The maximum atomic E-state index is 10.6. The van der Waals surface area contributed by atoms with Crippen molar-refractivity contribution in [3.63, 3.8) is 0 Å². The molecule has 19 heavy (non-hydrogen) atoms. The molecule has 0 aromatic carbocycles. The zero-order chi connectivity index (χ0) is 13.7. The molecule has 0 spiro atoms. The van der Waals surface area contributed by atoms with Gasteiger partial charge in [-0.05, 0) is 61.9 Å². The molecule has 110 valence electrons. The van der Waals surface area contributed by atoms with Crippen LogP contribution in [0.5, 0.6) is 0 Å². The molecule has 3 unspecified atom stereocenters. The van der Waals surface area contributed by atoms with Gasteiger partial charge in [-0.1, -0.05) is 20.8 Å². The fraction of sp³-hybridized carbons (Fsp3) is 1.00. The summed E-state index contributed by atoms with van der Waals surface area (Å²) in [5.74, 6) is 0.810. The van der Waals surface area contributed by atoms with Gasteiger partial charge in [-0.3, -0.25) is 0 Å². The molecule has 1 heterocycles. The highest BCUT2D eigenvalue weighted by Crippen LogP contribution is 2.66. The summed E-state index contributed by atoms with van der Waals surface area (Å²) in [7, 11) is 0. The fourth-order valence-electron chi connectivity index (χ4n) is 4.67. The topological polar surface area (TPSA) is 41.5 Å². The Labute approximate surface area is 117 Å². The van der Waals surface area contributed by atoms with Crippen LogP contribution in [0.2, 0.25) is 0 Å². The molecule has 0 amide bonds. The van der Waals surface area contributed by atoms with E-state index in [1.54, 1.807) is 0 Å². The molecule has 3 aliphatic rings. The molecule has 1 aliphatic heterocycles. The number of hydrogen-bond donors (Lipinski definition) is 2. The van der Waals surface area contributed by atoms with Crippen LogP contribution in [0, 0.1) is 16.7 Å². The van der Waals surface area contributed by atoms with E-state index >= 15 is 0 Å². The summed E-state index contributed by atoms with van der Waals surface area (Å²) in [6.45, 7) is 9.57. The predicted molar refractivity (Wildman–Crippen MR) is 76.0 cm³/mol. The van der Waals surface area contributed by atoms with Crippen LogP contribution in [0.15, 0.2) is 0 Å². The summed E-state index contributed by atoms with van der Waals surface area (Å²) in [6, 6.07) is 0. The van der Waals surface area contributed by atoms with Crippen LogP contribution < -0.4 is 5.32 Å². The number of hydrogen-bond acceptors (Lipinski definition) is 3. The highest BCUT2D eigenvalue weighted by atomic mass is 16.5. The molecule has 3 heteroatoms. The van der Waals surface area contributed by atoms with Crippen molar-refractivity contribution in [1.82, 2.24) is 5.32 Å². The van der Waals surface area contributed by atoms with Crippen LogP contribution in [0.3, 0.4) is 0 Å². The van der Waals surface area contributed by atoms with E-state index in [9.17, 15) is 5.11 Å². The van der Waals surface area contributed by atoms with Crippen molar-refractivity contribution in [2.45, 2.75) is 64.6 Å². The number of nitrogens with one attached hydrogen (secondary N) is 1. The van der Waals surface area contributed by atoms with Gasteiger partial charge in [-0.15, -0.1) is 0 Å². The fourth-order valence-corrected chi connectivity index (χ4v) is 4.67. The molecule has 0 aromatic rings. The number of aliphatic hydroxyl groups is 1. The lowest BCUT2D eigenvalue weighted by atomic mass is 9.70. The Balaban J connectivity index is 1.63. The molecule has 3 fully saturated rings. The van der Waals surface area contributed by atoms with E-state index in [-0.39, 0.29) is 0 Å². The number of rotatable bonds is 3. The normalized spacial score (nSPS) is 43.6. The zero-order valence-corrected chi connectivity index (χ0v) is 12.7. The molecular weight excluding hydrogens is 238 g/mol. The second-order valence-corrected chi connectivity index (χ2v) is 7.88. The quantitative estimate of drug-likeness (QED) is 0.824. The van der Waals surface area contributed by atoms with Gasteiger partial charge in [0.25, 0.3) is 0 Å².